The fraction of sp³-hybridized carbons (Fsp3) is 0.875. The number of hydrogen-bond acceptors (Lipinski definition) is 1. The standard InChI is InChI=1S/C16H26O/c17-16(14-6-4-2-1-3-5-7-14)15(12-8-9-12)13-10-11-13/h6,12-13,15-17H,1-5,7-11H2. The van der Waals surface area contributed by atoms with Crippen LogP contribution in [0.2, 0.25) is 0 Å². The molecule has 2 fully saturated rings. The number of allylic oxidation sites excluding steroid dienone is 1. The van der Waals surface area contributed by atoms with Gasteiger partial charge >= 0.3 is 0 Å². The molecule has 3 aliphatic rings. The van der Waals surface area contributed by atoms with Crippen molar-refractivity contribution in [3.05, 3.63) is 11.6 Å². The number of hydrogen-bond donors (Lipinski definition) is 1. The number of rotatable bonds is 4. The Balaban J connectivity index is 1.67. The van der Waals surface area contributed by atoms with Crippen molar-refractivity contribution in [2.75, 3.05) is 0 Å². The highest BCUT2D eigenvalue weighted by Gasteiger charge is 2.45. The van der Waals surface area contributed by atoms with Gasteiger partial charge in [0.15, 0.2) is 0 Å². The van der Waals surface area contributed by atoms with Gasteiger partial charge in [0.2, 0.25) is 0 Å². The third-order valence-electron chi connectivity index (χ3n) is 4.90. The third kappa shape index (κ3) is 2.93. The third-order valence-corrected chi connectivity index (χ3v) is 4.90. The Labute approximate surface area is 105 Å². The molecule has 0 saturated heterocycles. The van der Waals surface area contributed by atoms with Gasteiger partial charge in [-0.2, -0.15) is 0 Å². The molecule has 0 amide bonds. The molecule has 0 aromatic heterocycles. The largest absolute Gasteiger partial charge is 0.388 e. The SMILES string of the molecule is OC(C1=CCCCCCC1)C(C1CC1)C1CC1. The summed E-state index contributed by atoms with van der Waals surface area (Å²) in [6.45, 7) is 0. The Kier molecular flexibility index (Phi) is 3.56. The van der Waals surface area contributed by atoms with E-state index in [1.165, 1.54) is 63.4 Å². The molecular formula is C16H26O. The fourth-order valence-electron chi connectivity index (χ4n) is 3.60. The molecular weight excluding hydrogens is 208 g/mol. The van der Waals surface area contributed by atoms with Gasteiger partial charge in [0.25, 0.3) is 0 Å². The summed E-state index contributed by atoms with van der Waals surface area (Å²) in [5, 5.41) is 10.7. The lowest BCUT2D eigenvalue weighted by Gasteiger charge is -2.26. The summed E-state index contributed by atoms with van der Waals surface area (Å²) < 4.78 is 0. The van der Waals surface area contributed by atoms with Crippen molar-refractivity contribution < 1.29 is 5.11 Å². The Morgan fingerprint density at radius 2 is 1.59 bits per heavy atom. The Bertz CT molecular complexity index is 274. The zero-order valence-corrected chi connectivity index (χ0v) is 10.9. The summed E-state index contributed by atoms with van der Waals surface area (Å²) in [6.07, 6.45) is 15.5. The van der Waals surface area contributed by atoms with E-state index in [0.717, 1.165) is 18.3 Å². The molecule has 1 heteroatoms. The van der Waals surface area contributed by atoms with E-state index in [0.29, 0.717) is 5.92 Å². The van der Waals surface area contributed by atoms with Crippen molar-refractivity contribution >= 4 is 0 Å². The van der Waals surface area contributed by atoms with Crippen LogP contribution >= 0.6 is 0 Å². The maximum Gasteiger partial charge on any atom is 0.0783 e. The van der Waals surface area contributed by atoms with E-state index in [4.69, 9.17) is 0 Å². The molecule has 0 radical (unpaired) electrons. The second-order valence-corrected chi connectivity index (χ2v) is 6.43. The van der Waals surface area contributed by atoms with Gasteiger partial charge in [0.05, 0.1) is 6.10 Å². The Hall–Kier alpha value is -0.300. The average molecular weight is 234 g/mol. The molecule has 0 bridgehead atoms. The van der Waals surface area contributed by atoms with Crippen molar-refractivity contribution in [3.63, 3.8) is 0 Å². The van der Waals surface area contributed by atoms with Gasteiger partial charge in [-0.05, 0) is 74.7 Å². The summed E-state index contributed by atoms with van der Waals surface area (Å²) in [7, 11) is 0. The van der Waals surface area contributed by atoms with Gasteiger partial charge in [0.1, 0.15) is 0 Å². The minimum absolute atomic E-state index is 0.0897. The van der Waals surface area contributed by atoms with Crippen LogP contribution in [0.5, 0.6) is 0 Å². The summed E-state index contributed by atoms with van der Waals surface area (Å²) in [4.78, 5) is 0. The maximum atomic E-state index is 10.7. The first-order valence-electron chi connectivity index (χ1n) is 7.73. The van der Waals surface area contributed by atoms with Gasteiger partial charge in [0, 0.05) is 0 Å². The molecule has 0 spiro atoms. The van der Waals surface area contributed by atoms with E-state index >= 15 is 0 Å². The van der Waals surface area contributed by atoms with Crippen molar-refractivity contribution in [3.8, 4) is 0 Å². The van der Waals surface area contributed by atoms with E-state index in [1.807, 2.05) is 0 Å². The van der Waals surface area contributed by atoms with Crippen molar-refractivity contribution in [2.24, 2.45) is 17.8 Å². The van der Waals surface area contributed by atoms with Crippen molar-refractivity contribution in [1.82, 2.24) is 0 Å². The van der Waals surface area contributed by atoms with E-state index in [2.05, 4.69) is 6.08 Å². The van der Waals surface area contributed by atoms with Gasteiger partial charge in [-0.25, -0.2) is 0 Å². The first-order chi connectivity index (χ1) is 8.36. The number of aliphatic hydroxyl groups is 1. The molecule has 0 heterocycles. The summed E-state index contributed by atoms with van der Waals surface area (Å²) in [5.41, 5.74) is 1.40. The molecule has 96 valence electrons. The predicted molar refractivity (Wildman–Crippen MR) is 70.7 cm³/mol. The van der Waals surface area contributed by atoms with Crippen molar-refractivity contribution in [2.45, 2.75) is 70.3 Å². The molecule has 3 rings (SSSR count). The van der Waals surface area contributed by atoms with Crippen LogP contribution in [0.25, 0.3) is 0 Å². The van der Waals surface area contributed by atoms with Crippen LogP contribution < -0.4 is 0 Å². The molecule has 3 aliphatic carbocycles. The predicted octanol–water partition coefficient (Wildman–Crippen LogP) is 4.06. The van der Waals surface area contributed by atoms with Crippen molar-refractivity contribution in [1.29, 1.82) is 0 Å². The van der Waals surface area contributed by atoms with Crippen LogP contribution in [0.15, 0.2) is 11.6 Å². The van der Waals surface area contributed by atoms with Crippen LogP contribution in [0.1, 0.15) is 64.2 Å². The first kappa shape index (κ1) is 11.8. The second kappa shape index (κ2) is 5.14. The maximum absolute atomic E-state index is 10.7. The van der Waals surface area contributed by atoms with Gasteiger partial charge in [-0.15, -0.1) is 0 Å². The van der Waals surface area contributed by atoms with Crippen LogP contribution in [0, 0.1) is 17.8 Å². The van der Waals surface area contributed by atoms with Crippen LogP contribution in [0.4, 0.5) is 0 Å². The first-order valence-corrected chi connectivity index (χ1v) is 7.73. The number of aliphatic hydroxyl groups excluding tert-OH is 1. The summed E-state index contributed by atoms with van der Waals surface area (Å²) in [6, 6.07) is 0. The minimum Gasteiger partial charge on any atom is -0.388 e. The zero-order chi connectivity index (χ0) is 11.7. The average Bonchev–Trinajstić information content (AvgIpc) is 3.11. The molecule has 0 aromatic carbocycles. The monoisotopic (exact) mass is 234 g/mol. The van der Waals surface area contributed by atoms with Crippen LogP contribution in [-0.2, 0) is 0 Å². The molecule has 0 aromatic rings. The smallest absolute Gasteiger partial charge is 0.0783 e. The second-order valence-electron chi connectivity index (χ2n) is 6.43. The highest BCUT2D eigenvalue weighted by atomic mass is 16.3. The zero-order valence-electron chi connectivity index (χ0n) is 10.9. The quantitative estimate of drug-likeness (QED) is 0.727. The molecule has 17 heavy (non-hydrogen) atoms. The molecule has 1 nitrogen and oxygen atoms in total. The highest BCUT2D eigenvalue weighted by Crippen LogP contribution is 2.52. The van der Waals surface area contributed by atoms with Gasteiger partial charge in [-0.3, -0.25) is 0 Å². The Morgan fingerprint density at radius 1 is 0.941 bits per heavy atom. The topological polar surface area (TPSA) is 20.2 Å². The fourth-order valence-corrected chi connectivity index (χ4v) is 3.60. The summed E-state index contributed by atoms with van der Waals surface area (Å²) in [5.74, 6) is 2.35. The molecule has 1 N–H and O–H groups in total. The van der Waals surface area contributed by atoms with Crippen LogP contribution in [-0.4, -0.2) is 11.2 Å². The lowest BCUT2D eigenvalue weighted by Crippen LogP contribution is -2.26. The highest BCUT2D eigenvalue weighted by molar-refractivity contribution is 5.14. The van der Waals surface area contributed by atoms with E-state index in [9.17, 15) is 5.11 Å². The molecule has 1 atom stereocenters. The van der Waals surface area contributed by atoms with Gasteiger partial charge < -0.3 is 5.11 Å². The lowest BCUT2D eigenvalue weighted by molar-refractivity contribution is 0.109. The normalized spacial score (nSPS) is 28.5. The minimum atomic E-state index is -0.0897. The summed E-state index contributed by atoms with van der Waals surface area (Å²) >= 11 is 0. The molecule has 2 saturated carbocycles. The molecule has 0 aliphatic heterocycles. The Morgan fingerprint density at radius 3 is 2.24 bits per heavy atom. The van der Waals surface area contributed by atoms with E-state index < -0.39 is 0 Å². The lowest BCUT2D eigenvalue weighted by atomic mass is 9.84. The van der Waals surface area contributed by atoms with E-state index in [1.54, 1.807) is 0 Å². The van der Waals surface area contributed by atoms with Crippen LogP contribution in [0.3, 0.4) is 0 Å². The van der Waals surface area contributed by atoms with Gasteiger partial charge in [-0.1, -0.05) is 18.9 Å². The molecule has 1 unspecified atom stereocenters. The van der Waals surface area contributed by atoms with E-state index in [-0.39, 0.29) is 6.10 Å².